The molecule has 1 aromatic heterocycles. The molecule has 3 rings (SSSR count). The Bertz CT molecular complexity index is 612. The zero-order chi connectivity index (χ0) is 14.7. The predicted molar refractivity (Wildman–Crippen MR) is 84.6 cm³/mol. The van der Waals surface area contributed by atoms with Crippen LogP contribution in [0.15, 0.2) is 41.1 Å². The summed E-state index contributed by atoms with van der Waals surface area (Å²) in [4.78, 5) is 12.4. The highest BCUT2D eigenvalue weighted by molar-refractivity contribution is 7.07. The summed E-state index contributed by atoms with van der Waals surface area (Å²) in [7, 11) is 0. The van der Waals surface area contributed by atoms with Gasteiger partial charge in [-0.25, -0.2) is 0 Å². The van der Waals surface area contributed by atoms with E-state index in [2.05, 4.69) is 10.6 Å². The number of fused-ring (bicyclic) bond motifs is 1. The number of thiophene rings is 1. The Balaban J connectivity index is 1.64. The van der Waals surface area contributed by atoms with Crippen LogP contribution in [-0.4, -0.2) is 24.1 Å². The number of nitrogens with one attached hydrogen (secondary N) is 2. The third-order valence-corrected chi connectivity index (χ3v) is 4.50. The molecule has 0 saturated heterocycles. The van der Waals surface area contributed by atoms with Crippen LogP contribution in [0.25, 0.3) is 0 Å². The van der Waals surface area contributed by atoms with Crippen molar-refractivity contribution in [1.29, 1.82) is 0 Å². The predicted octanol–water partition coefficient (Wildman–Crippen LogP) is 2.50. The van der Waals surface area contributed by atoms with Gasteiger partial charge in [0.15, 0.2) is 0 Å². The van der Waals surface area contributed by atoms with Crippen LogP contribution >= 0.6 is 11.3 Å². The normalized spacial score (nSPS) is 18.4. The van der Waals surface area contributed by atoms with E-state index in [0.29, 0.717) is 0 Å². The van der Waals surface area contributed by atoms with Crippen molar-refractivity contribution in [2.24, 2.45) is 0 Å². The molecule has 1 aliphatic heterocycles. The topological polar surface area (TPSA) is 61.4 Å². The summed E-state index contributed by atoms with van der Waals surface area (Å²) in [5.41, 5.74) is 2.92. The second-order valence-corrected chi connectivity index (χ2v) is 5.95. The number of aliphatic hydroxyl groups excluding tert-OH is 1. The SMILES string of the molecule is O=C(NCC(O)c1ccsc1)C1CCNc2ccccc21. The van der Waals surface area contributed by atoms with Gasteiger partial charge < -0.3 is 15.7 Å². The summed E-state index contributed by atoms with van der Waals surface area (Å²) in [5, 5.41) is 20.0. The van der Waals surface area contributed by atoms with E-state index in [4.69, 9.17) is 0 Å². The van der Waals surface area contributed by atoms with Gasteiger partial charge in [-0.2, -0.15) is 11.3 Å². The molecule has 1 aliphatic rings. The molecular weight excluding hydrogens is 284 g/mol. The van der Waals surface area contributed by atoms with Crippen LogP contribution in [0, 0.1) is 0 Å². The molecular formula is C16H18N2O2S. The number of hydrogen-bond donors (Lipinski definition) is 3. The van der Waals surface area contributed by atoms with E-state index in [1.165, 1.54) is 11.3 Å². The molecule has 1 aromatic carbocycles. The molecule has 110 valence electrons. The van der Waals surface area contributed by atoms with Crippen LogP contribution in [0.2, 0.25) is 0 Å². The first-order valence-corrected chi connectivity index (χ1v) is 8.00. The first kappa shape index (κ1) is 14.1. The standard InChI is InChI=1S/C16H18N2O2S/c19-15(11-6-8-21-10-11)9-18-16(20)13-5-7-17-14-4-2-1-3-12(13)14/h1-4,6,8,10,13,15,17,19H,5,7,9H2,(H,18,20). The van der Waals surface area contributed by atoms with Crippen molar-refractivity contribution in [3.05, 3.63) is 52.2 Å². The highest BCUT2D eigenvalue weighted by Gasteiger charge is 2.26. The van der Waals surface area contributed by atoms with Gasteiger partial charge in [0.05, 0.1) is 12.0 Å². The van der Waals surface area contributed by atoms with E-state index in [1.54, 1.807) is 0 Å². The lowest BCUT2D eigenvalue weighted by molar-refractivity contribution is -0.123. The molecule has 0 bridgehead atoms. The Hall–Kier alpha value is -1.85. The maximum atomic E-state index is 12.4. The molecule has 2 heterocycles. The van der Waals surface area contributed by atoms with Crippen LogP contribution in [0.4, 0.5) is 5.69 Å². The molecule has 0 aliphatic carbocycles. The third-order valence-electron chi connectivity index (χ3n) is 3.80. The highest BCUT2D eigenvalue weighted by Crippen LogP contribution is 2.31. The highest BCUT2D eigenvalue weighted by atomic mass is 32.1. The second kappa shape index (κ2) is 6.28. The van der Waals surface area contributed by atoms with Gasteiger partial charge in [-0.15, -0.1) is 0 Å². The lowest BCUT2D eigenvalue weighted by Crippen LogP contribution is -2.35. The van der Waals surface area contributed by atoms with Gasteiger partial charge in [0, 0.05) is 18.8 Å². The van der Waals surface area contributed by atoms with E-state index in [9.17, 15) is 9.90 Å². The van der Waals surface area contributed by atoms with Crippen molar-refractivity contribution in [2.75, 3.05) is 18.4 Å². The summed E-state index contributed by atoms with van der Waals surface area (Å²) in [6.07, 6.45) is 0.134. The Morgan fingerprint density at radius 2 is 2.29 bits per heavy atom. The summed E-state index contributed by atoms with van der Waals surface area (Å²) in [6.45, 7) is 1.05. The van der Waals surface area contributed by atoms with Crippen molar-refractivity contribution in [2.45, 2.75) is 18.4 Å². The molecule has 0 fully saturated rings. The molecule has 1 amide bonds. The molecule has 3 N–H and O–H groups in total. The van der Waals surface area contributed by atoms with E-state index in [0.717, 1.165) is 29.8 Å². The van der Waals surface area contributed by atoms with E-state index < -0.39 is 6.10 Å². The summed E-state index contributed by atoms with van der Waals surface area (Å²) in [6, 6.07) is 9.77. The van der Waals surface area contributed by atoms with Gasteiger partial charge in [-0.1, -0.05) is 18.2 Å². The van der Waals surface area contributed by atoms with E-state index in [1.807, 2.05) is 41.1 Å². The van der Waals surface area contributed by atoms with Gasteiger partial charge in [-0.3, -0.25) is 4.79 Å². The largest absolute Gasteiger partial charge is 0.387 e. The number of amides is 1. The number of anilines is 1. The summed E-state index contributed by atoms with van der Waals surface area (Å²) >= 11 is 1.54. The Labute approximate surface area is 127 Å². The van der Waals surface area contributed by atoms with Gasteiger partial charge in [0.2, 0.25) is 5.91 Å². The van der Waals surface area contributed by atoms with Crippen molar-refractivity contribution in [1.82, 2.24) is 5.32 Å². The Morgan fingerprint density at radius 3 is 3.10 bits per heavy atom. The minimum atomic E-state index is -0.642. The average molecular weight is 302 g/mol. The summed E-state index contributed by atoms with van der Waals surface area (Å²) in [5.74, 6) is -0.157. The number of rotatable bonds is 4. The molecule has 2 unspecified atom stereocenters. The van der Waals surface area contributed by atoms with E-state index in [-0.39, 0.29) is 18.4 Å². The monoisotopic (exact) mass is 302 g/mol. The fraction of sp³-hybridized carbons (Fsp3) is 0.312. The molecule has 5 heteroatoms. The first-order valence-electron chi connectivity index (χ1n) is 7.06. The smallest absolute Gasteiger partial charge is 0.227 e. The van der Waals surface area contributed by atoms with Crippen LogP contribution in [0.3, 0.4) is 0 Å². The number of para-hydroxylation sites is 1. The number of carbonyl (C=O) groups is 1. The van der Waals surface area contributed by atoms with Crippen molar-refractivity contribution in [3.8, 4) is 0 Å². The number of carbonyl (C=O) groups excluding carboxylic acids is 1. The van der Waals surface area contributed by atoms with Gasteiger partial charge in [0.25, 0.3) is 0 Å². The van der Waals surface area contributed by atoms with Crippen LogP contribution < -0.4 is 10.6 Å². The van der Waals surface area contributed by atoms with Gasteiger partial charge >= 0.3 is 0 Å². The lowest BCUT2D eigenvalue weighted by Gasteiger charge is -2.26. The fourth-order valence-electron chi connectivity index (χ4n) is 2.64. The number of benzene rings is 1. The van der Waals surface area contributed by atoms with Crippen LogP contribution in [0.1, 0.15) is 29.6 Å². The zero-order valence-electron chi connectivity index (χ0n) is 11.6. The Morgan fingerprint density at radius 1 is 1.43 bits per heavy atom. The average Bonchev–Trinajstić information content (AvgIpc) is 3.06. The maximum absolute atomic E-state index is 12.4. The van der Waals surface area contributed by atoms with Crippen molar-refractivity contribution < 1.29 is 9.90 Å². The first-order chi connectivity index (χ1) is 10.3. The molecule has 0 spiro atoms. The van der Waals surface area contributed by atoms with Crippen molar-refractivity contribution in [3.63, 3.8) is 0 Å². The molecule has 4 nitrogen and oxygen atoms in total. The number of aliphatic hydroxyl groups is 1. The van der Waals surface area contributed by atoms with Gasteiger partial charge in [-0.05, 0) is 40.4 Å². The summed E-state index contributed by atoms with van der Waals surface area (Å²) < 4.78 is 0. The minimum Gasteiger partial charge on any atom is -0.387 e. The van der Waals surface area contributed by atoms with Crippen molar-refractivity contribution >= 4 is 22.9 Å². The van der Waals surface area contributed by atoms with Gasteiger partial charge in [0.1, 0.15) is 0 Å². The second-order valence-electron chi connectivity index (χ2n) is 5.17. The lowest BCUT2D eigenvalue weighted by atomic mass is 9.90. The van der Waals surface area contributed by atoms with E-state index >= 15 is 0 Å². The fourth-order valence-corrected chi connectivity index (χ4v) is 3.35. The molecule has 0 radical (unpaired) electrons. The van der Waals surface area contributed by atoms with Crippen LogP contribution in [-0.2, 0) is 4.79 Å². The quantitative estimate of drug-likeness (QED) is 0.813. The number of hydrogen-bond acceptors (Lipinski definition) is 4. The van der Waals surface area contributed by atoms with Crippen LogP contribution in [0.5, 0.6) is 0 Å². The molecule has 0 saturated carbocycles. The Kier molecular flexibility index (Phi) is 4.22. The molecule has 21 heavy (non-hydrogen) atoms. The molecule has 2 aromatic rings. The minimum absolute atomic E-state index is 0.0155. The third kappa shape index (κ3) is 3.09. The maximum Gasteiger partial charge on any atom is 0.227 e. The zero-order valence-corrected chi connectivity index (χ0v) is 12.4. The molecule has 2 atom stereocenters.